The van der Waals surface area contributed by atoms with Gasteiger partial charge < -0.3 is 24.1 Å². The van der Waals surface area contributed by atoms with Crippen molar-refractivity contribution < 1.29 is 28.8 Å². The van der Waals surface area contributed by atoms with E-state index in [1.165, 1.54) is 0 Å². The maximum absolute atomic E-state index is 12.2. The van der Waals surface area contributed by atoms with E-state index in [0.29, 0.717) is 6.61 Å². The molecule has 7 rings (SSSR count). The van der Waals surface area contributed by atoms with Gasteiger partial charge >= 0.3 is 5.97 Å². The molecule has 146 valence electrons. The number of aliphatic hydroxyl groups excluding tert-OH is 1. The molecule has 3 saturated heterocycles. The zero-order valence-electron chi connectivity index (χ0n) is 16.2. The van der Waals surface area contributed by atoms with Gasteiger partial charge in [-0.15, -0.1) is 0 Å². The van der Waals surface area contributed by atoms with Crippen LogP contribution in [-0.2, 0) is 23.7 Å². The Morgan fingerprint density at radius 3 is 2.67 bits per heavy atom. The van der Waals surface area contributed by atoms with Crippen LogP contribution >= 0.6 is 0 Å². The van der Waals surface area contributed by atoms with Crippen LogP contribution in [0.3, 0.4) is 0 Å². The number of ether oxygens (including phenoxy) is 4. The Morgan fingerprint density at radius 1 is 1.15 bits per heavy atom. The van der Waals surface area contributed by atoms with Crippen molar-refractivity contribution in [3.63, 3.8) is 0 Å². The van der Waals surface area contributed by atoms with E-state index in [0.717, 1.165) is 30.4 Å². The molecule has 4 heterocycles. The standard InChI is InChI=1S/C21H26O6/c1-9(2)19-13(26-19)14-21(27-14)18(4)6-5-10-11(8-24-15(10)22)17(18,3)7-12-20(21,25-12)16(19)23/h9,12-14,16,23H,5-8H2,1-4H3/t12-,13-,14-,16+,17-,18-,19-,20+,21+/m0/s1. The number of hydrogen-bond donors (Lipinski definition) is 1. The van der Waals surface area contributed by atoms with Crippen molar-refractivity contribution in [2.45, 2.75) is 88.2 Å². The van der Waals surface area contributed by atoms with Crippen LogP contribution < -0.4 is 0 Å². The van der Waals surface area contributed by atoms with Gasteiger partial charge in [-0.05, 0) is 30.8 Å². The van der Waals surface area contributed by atoms with Gasteiger partial charge in [-0.3, -0.25) is 0 Å². The Kier molecular flexibility index (Phi) is 2.29. The predicted molar refractivity (Wildman–Crippen MR) is 91.7 cm³/mol. The summed E-state index contributed by atoms with van der Waals surface area (Å²) < 4.78 is 24.6. The first kappa shape index (κ1) is 15.9. The van der Waals surface area contributed by atoms with Crippen LogP contribution in [0.1, 0.15) is 47.0 Å². The molecule has 5 fully saturated rings. The fourth-order valence-corrected chi connectivity index (χ4v) is 8.09. The van der Waals surface area contributed by atoms with Crippen LogP contribution in [0.25, 0.3) is 0 Å². The van der Waals surface area contributed by atoms with Gasteiger partial charge in [-0.1, -0.05) is 27.7 Å². The molecule has 0 aromatic heterocycles. The molecule has 1 N–H and O–H groups in total. The summed E-state index contributed by atoms with van der Waals surface area (Å²) in [5, 5.41) is 11.5. The maximum atomic E-state index is 12.2. The number of fused-ring (bicyclic) bond motifs is 4. The summed E-state index contributed by atoms with van der Waals surface area (Å²) in [5.41, 5.74) is -0.159. The number of carbonyl (C=O) groups excluding carboxylic acids is 1. The molecule has 0 radical (unpaired) electrons. The van der Waals surface area contributed by atoms with E-state index >= 15 is 0 Å². The molecule has 2 saturated carbocycles. The zero-order chi connectivity index (χ0) is 18.8. The van der Waals surface area contributed by atoms with Crippen LogP contribution in [0.4, 0.5) is 0 Å². The molecule has 0 aromatic rings. The molecular weight excluding hydrogens is 348 g/mol. The molecule has 6 heteroatoms. The quantitative estimate of drug-likeness (QED) is 0.553. The normalized spacial score (nSPS) is 64.0. The summed E-state index contributed by atoms with van der Waals surface area (Å²) in [6.07, 6.45) is 1.55. The second kappa shape index (κ2) is 3.89. The van der Waals surface area contributed by atoms with E-state index in [4.69, 9.17) is 18.9 Å². The predicted octanol–water partition coefficient (Wildman–Crippen LogP) is 1.49. The van der Waals surface area contributed by atoms with Gasteiger partial charge in [-0.2, -0.15) is 0 Å². The monoisotopic (exact) mass is 374 g/mol. The highest BCUT2D eigenvalue weighted by molar-refractivity contribution is 5.92. The number of esters is 1. The van der Waals surface area contributed by atoms with Gasteiger partial charge in [0.25, 0.3) is 0 Å². The average molecular weight is 374 g/mol. The zero-order valence-corrected chi connectivity index (χ0v) is 16.2. The second-order valence-electron chi connectivity index (χ2n) is 10.5. The molecule has 0 bridgehead atoms. The maximum Gasteiger partial charge on any atom is 0.334 e. The van der Waals surface area contributed by atoms with Gasteiger partial charge in [0.2, 0.25) is 0 Å². The van der Waals surface area contributed by atoms with Gasteiger partial charge in [0.1, 0.15) is 36.1 Å². The van der Waals surface area contributed by atoms with Crippen LogP contribution in [0.5, 0.6) is 0 Å². The highest BCUT2D eigenvalue weighted by Gasteiger charge is 3.01. The molecule has 7 aliphatic rings. The van der Waals surface area contributed by atoms with Gasteiger partial charge in [0.05, 0.1) is 6.10 Å². The minimum Gasteiger partial charge on any atom is -0.458 e. The SMILES string of the molecule is CC(C)[C@]12O[C@H]1[C@@H]1O[C@]13[C@]1(O[C@H]1C[C@@]1(C)C4=C(CC[C@]31C)C(=O)OC4)[C@@H]2O. The van der Waals surface area contributed by atoms with Crippen molar-refractivity contribution in [3.05, 3.63) is 11.1 Å². The van der Waals surface area contributed by atoms with Crippen LogP contribution in [0.15, 0.2) is 11.1 Å². The third kappa shape index (κ3) is 1.21. The minimum absolute atomic E-state index is 0.0295. The van der Waals surface area contributed by atoms with E-state index in [-0.39, 0.29) is 41.0 Å². The smallest absolute Gasteiger partial charge is 0.334 e. The van der Waals surface area contributed by atoms with E-state index < -0.39 is 22.9 Å². The Morgan fingerprint density at radius 2 is 1.93 bits per heavy atom. The molecule has 0 amide bonds. The van der Waals surface area contributed by atoms with Crippen LogP contribution in [0.2, 0.25) is 0 Å². The highest BCUT2D eigenvalue weighted by Crippen LogP contribution is 2.85. The summed E-state index contributed by atoms with van der Waals surface area (Å²) in [4.78, 5) is 12.2. The Labute approximate surface area is 158 Å². The summed E-state index contributed by atoms with van der Waals surface area (Å²) >= 11 is 0. The Hall–Kier alpha value is -0.950. The molecule has 0 aromatic carbocycles. The fourth-order valence-electron chi connectivity index (χ4n) is 8.09. The molecule has 0 unspecified atom stereocenters. The minimum atomic E-state index is -0.669. The number of aliphatic hydroxyl groups is 1. The number of epoxide rings is 3. The van der Waals surface area contributed by atoms with Gasteiger partial charge in [0, 0.05) is 16.4 Å². The van der Waals surface area contributed by atoms with Crippen LogP contribution in [-0.4, -0.2) is 58.9 Å². The topological polar surface area (TPSA) is 84.1 Å². The third-order valence-electron chi connectivity index (χ3n) is 9.86. The Balaban J connectivity index is 1.42. The summed E-state index contributed by atoms with van der Waals surface area (Å²) in [6.45, 7) is 9.16. The van der Waals surface area contributed by atoms with E-state index in [1.54, 1.807) is 0 Å². The summed E-state index contributed by atoms with van der Waals surface area (Å²) in [7, 11) is 0. The molecule has 4 aliphatic heterocycles. The first-order valence-electron chi connectivity index (χ1n) is 10.3. The second-order valence-corrected chi connectivity index (χ2v) is 10.5. The van der Waals surface area contributed by atoms with Crippen molar-refractivity contribution in [3.8, 4) is 0 Å². The van der Waals surface area contributed by atoms with Crippen molar-refractivity contribution in [2.75, 3.05) is 6.61 Å². The number of cyclic esters (lactones) is 1. The van der Waals surface area contributed by atoms with Gasteiger partial charge in [0.15, 0.2) is 5.60 Å². The van der Waals surface area contributed by atoms with E-state index in [1.807, 2.05) is 0 Å². The molecule has 9 atom stereocenters. The van der Waals surface area contributed by atoms with Crippen molar-refractivity contribution in [2.24, 2.45) is 16.7 Å². The molecule has 2 spiro atoms. The van der Waals surface area contributed by atoms with Crippen molar-refractivity contribution in [1.82, 2.24) is 0 Å². The Bertz CT molecular complexity index is 865. The number of rotatable bonds is 1. The number of hydrogen-bond acceptors (Lipinski definition) is 6. The molecule has 3 aliphatic carbocycles. The van der Waals surface area contributed by atoms with Gasteiger partial charge in [-0.25, -0.2) is 4.79 Å². The number of carbonyl (C=O) groups is 1. The van der Waals surface area contributed by atoms with E-state index in [2.05, 4.69) is 27.7 Å². The molecule has 6 nitrogen and oxygen atoms in total. The summed E-state index contributed by atoms with van der Waals surface area (Å²) in [5.74, 6) is 0.0576. The lowest BCUT2D eigenvalue weighted by molar-refractivity contribution is -0.136. The van der Waals surface area contributed by atoms with Crippen molar-refractivity contribution >= 4 is 5.97 Å². The van der Waals surface area contributed by atoms with E-state index in [9.17, 15) is 9.90 Å². The largest absolute Gasteiger partial charge is 0.458 e. The van der Waals surface area contributed by atoms with Crippen molar-refractivity contribution in [1.29, 1.82) is 0 Å². The first-order valence-corrected chi connectivity index (χ1v) is 10.3. The fraction of sp³-hybridized carbons (Fsp3) is 0.857. The third-order valence-corrected chi connectivity index (χ3v) is 9.86. The molecule has 27 heavy (non-hydrogen) atoms. The lowest BCUT2D eigenvalue weighted by Gasteiger charge is -2.59. The van der Waals surface area contributed by atoms with Crippen LogP contribution in [0, 0.1) is 16.7 Å². The molecular formula is C21H26O6. The summed E-state index contributed by atoms with van der Waals surface area (Å²) in [6, 6.07) is 0. The lowest BCUT2D eigenvalue weighted by Crippen LogP contribution is -2.71. The average Bonchev–Trinajstić information content (AvgIpc) is 3.49. The first-order chi connectivity index (χ1) is 12.7. The highest BCUT2D eigenvalue weighted by atomic mass is 16.7. The lowest BCUT2D eigenvalue weighted by atomic mass is 9.41.